The van der Waals surface area contributed by atoms with Crippen molar-refractivity contribution in [1.29, 1.82) is 0 Å². The highest BCUT2D eigenvalue weighted by Crippen LogP contribution is 2.31. The molecule has 3 aromatic rings. The molecule has 0 unspecified atom stereocenters. The van der Waals surface area contributed by atoms with Crippen LogP contribution in [-0.2, 0) is 0 Å². The minimum atomic E-state index is -0.385. The number of anilines is 1. The summed E-state index contributed by atoms with van der Waals surface area (Å²) in [6.07, 6.45) is 5.42. The Labute approximate surface area is 201 Å². The Bertz CT molecular complexity index is 1310. The molecule has 172 valence electrons. The number of hydrazone groups is 1. The number of rotatable bonds is 6. The van der Waals surface area contributed by atoms with Gasteiger partial charge in [-0.25, -0.2) is 9.40 Å². The van der Waals surface area contributed by atoms with E-state index in [4.69, 9.17) is 0 Å². The number of benzene rings is 2. The van der Waals surface area contributed by atoms with E-state index in [1.807, 2.05) is 44.3 Å². The van der Waals surface area contributed by atoms with Crippen molar-refractivity contribution in [2.24, 2.45) is 5.10 Å². The van der Waals surface area contributed by atoms with Crippen LogP contribution in [0.5, 0.6) is 0 Å². The van der Waals surface area contributed by atoms with Crippen LogP contribution in [-0.4, -0.2) is 46.8 Å². The Hall–Kier alpha value is -4.11. The van der Waals surface area contributed by atoms with E-state index in [9.17, 15) is 9.18 Å². The molecule has 4 rings (SSSR count). The van der Waals surface area contributed by atoms with E-state index in [1.54, 1.807) is 24.3 Å². The second kappa shape index (κ2) is 9.80. The lowest BCUT2D eigenvalue weighted by atomic mass is 10.0. The second-order valence-corrected chi connectivity index (χ2v) is 8.47. The van der Waals surface area contributed by atoms with Gasteiger partial charge in [-0.15, -0.1) is 10.2 Å². The van der Waals surface area contributed by atoms with Gasteiger partial charge in [0.15, 0.2) is 0 Å². The maximum Gasteiger partial charge on any atom is 0.258 e. The van der Waals surface area contributed by atoms with E-state index in [0.717, 1.165) is 32.5 Å². The van der Waals surface area contributed by atoms with E-state index in [-0.39, 0.29) is 11.7 Å². The number of carbonyl (C=O) groups excluding carboxylic acids is 1. The van der Waals surface area contributed by atoms with Crippen LogP contribution >= 0.6 is 11.3 Å². The van der Waals surface area contributed by atoms with E-state index in [0.29, 0.717) is 11.3 Å². The molecule has 1 aliphatic heterocycles. The SMILES string of the molecule is C=NN1C=CC(N(C)C(=O)c2ccc(F)cc2)=C/C1=C(/C)c1ccc(-c2nnc(NC)s2)cc1. The van der Waals surface area contributed by atoms with Gasteiger partial charge >= 0.3 is 0 Å². The third-order valence-corrected chi connectivity index (χ3v) is 6.43. The van der Waals surface area contributed by atoms with Crippen LogP contribution in [0.3, 0.4) is 0 Å². The number of hydrogen-bond acceptors (Lipinski definition) is 7. The Morgan fingerprint density at radius 3 is 2.41 bits per heavy atom. The molecule has 0 radical (unpaired) electrons. The monoisotopic (exact) mass is 474 g/mol. The smallest absolute Gasteiger partial charge is 0.258 e. The van der Waals surface area contributed by atoms with Crippen molar-refractivity contribution in [2.75, 3.05) is 19.4 Å². The highest BCUT2D eigenvalue weighted by molar-refractivity contribution is 7.18. The predicted molar refractivity (Wildman–Crippen MR) is 135 cm³/mol. The molecule has 2 aromatic carbocycles. The van der Waals surface area contributed by atoms with Crippen molar-refractivity contribution in [3.63, 3.8) is 0 Å². The largest absolute Gasteiger partial charge is 0.363 e. The molecule has 2 heterocycles. The van der Waals surface area contributed by atoms with Gasteiger partial charge in [0.05, 0.1) is 5.70 Å². The minimum Gasteiger partial charge on any atom is -0.363 e. The molecule has 1 aromatic heterocycles. The van der Waals surface area contributed by atoms with Gasteiger partial charge in [-0.1, -0.05) is 35.6 Å². The van der Waals surface area contributed by atoms with Gasteiger partial charge in [0.25, 0.3) is 5.91 Å². The topological polar surface area (TPSA) is 73.7 Å². The molecule has 1 N–H and O–H groups in total. The van der Waals surface area contributed by atoms with E-state index in [2.05, 4.69) is 27.3 Å². The first kappa shape index (κ1) is 23.1. The van der Waals surface area contributed by atoms with E-state index < -0.39 is 0 Å². The zero-order valence-corrected chi connectivity index (χ0v) is 19.8. The first-order chi connectivity index (χ1) is 16.4. The Balaban J connectivity index is 1.64. The summed E-state index contributed by atoms with van der Waals surface area (Å²) in [5.41, 5.74) is 4.78. The van der Waals surface area contributed by atoms with Crippen LogP contribution in [0.15, 0.2) is 83.4 Å². The Morgan fingerprint density at radius 2 is 1.79 bits per heavy atom. The maximum absolute atomic E-state index is 13.2. The van der Waals surface area contributed by atoms with Crippen LogP contribution in [0, 0.1) is 5.82 Å². The average molecular weight is 475 g/mol. The first-order valence-corrected chi connectivity index (χ1v) is 11.2. The molecule has 1 amide bonds. The van der Waals surface area contributed by atoms with Crippen LogP contribution in [0.2, 0.25) is 0 Å². The second-order valence-electron chi connectivity index (χ2n) is 7.49. The molecule has 0 saturated heterocycles. The zero-order valence-electron chi connectivity index (χ0n) is 19.0. The van der Waals surface area contributed by atoms with Crippen molar-refractivity contribution >= 4 is 34.7 Å². The van der Waals surface area contributed by atoms with Crippen LogP contribution < -0.4 is 5.32 Å². The lowest BCUT2D eigenvalue weighted by molar-refractivity contribution is 0.0839. The summed E-state index contributed by atoms with van der Waals surface area (Å²) >= 11 is 1.48. The number of nitrogens with one attached hydrogen (secondary N) is 1. The normalized spacial score (nSPS) is 14.5. The van der Waals surface area contributed by atoms with Crippen LogP contribution in [0.4, 0.5) is 9.52 Å². The lowest BCUT2D eigenvalue weighted by Crippen LogP contribution is -2.27. The lowest BCUT2D eigenvalue weighted by Gasteiger charge is -2.27. The summed E-state index contributed by atoms with van der Waals surface area (Å²) in [6.45, 7) is 5.65. The van der Waals surface area contributed by atoms with E-state index >= 15 is 0 Å². The van der Waals surface area contributed by atoms with Gasteiger partial charge in [-0.05, 0) is 54.5 Å². The highest BCUT2D eigenvalue weighted by Gasteiger charge is 2.20. The van der Waals surface area contributed by atoms with Gasteiger partial charge in [0.1, 0.15) is 10.8 Å². The van der Waals surface area contributed by atoms with Crippen molar-refractivity contribution in [2.45, 2.75) is 6.92 Å². The van der Waals surface area contributed by atoms with Crippen molar-refractivity contribution in [1.82, 2.24) is 20.1 Å². The van der Waals surface area contributed by atoms with Crippen LogP contribution in [0.25, 0.3) is 16.1 Å². The molecule has 34 heavy (non-hydrogen) atoms. The molecule has 7 nitrogen and oxygen atoms in total. The Morgan fingerprint density at radius 1 is 1.12 bits per heavy atom. The molecule has 0 spiro atoms. The summed E-state index contributed by atoms with van der Waals surface area (Å²) in [5, 5.41) is 18.6. The molecule has 0 saturated carbocycles. The van der Waals surface area contributed by atoms with Crippen LogP contribution in [0.1, 0.15) is 22.8 Å². The fourth-order valence-electron chi connectivity index (χ4n) is 3.45. The molecule has 0 aliphatic carbocycles. The molecule has 1 aliphatic rings. The van der Waals surface area contributed by atoms with Gasteiger partial charge in [-0.2, -0.15) is 5.10 Å². The maximum atomic E-state index is 13.2. The average Bonchev–Trinajstić information content (AvgIpc) is 3.37. The molecule has 0 atom stereocenters. The number of hydrogen-bond donors (Lipinski definition) is 1. The highest BCUT2D eigenvalue weighted by atomic mass is 32.1. The summed E-state index contributed by atoms with van der Waals surface area (Å²) in [5.74, 6) is -0.626. The molecular formula is C25H23FN6OS. The predicted octanol–water partition coefficient (Wildman–Crippen LogP) is 5.22. The van der Waals surface area contributed by atoms with Gasteiger partial charge < -0.3 is 10.2 Å². The number of nitrogens with zero attached hydrogens (tertiary/aromatic N) is 5. The number of likely N-dealkylation sites (N-methyl/N-ethyl adjacent to an activating group) is 1. The first-order valence-electron chi connectivity index (χ1n) is 10.4. The molecule has 9 heteroatoms. The fourth-order valence-corrected chi connectivity index (χ4v) is 4.15. The number of amides is 1. The van der Waals surface area contributed by atoms with Gasteiger partial charge in [-0.3, -0.25) is 4.79 Å². The minimum absolute atomic E-state index is 0.240. The standard InChI is InChI=1S/C25H23FN6OS/c1-16(17-5-7-18(8-6-17)23-29-30-25(27-2)34-23)22-15-21(13-14-32(22)28-3)31(4)24(33)19-9-11-20(26)12-10-19/h5-15H,3H2,1-2,4H3,(H,27,30)/b22-16+. The third-order valence-electron chi connectivity index (χ3n) is 5.44. The molecule has 0 fully saturated rings. The van der Waals surface area contributed by atoms with Gasteiger partial charge in [0, 0.05) is 43.8 Å². The van der Waals surface area contributed by atoms with Crippen molar-refractivity contribution in [3.8, 4) is 10.6 Å². The summed E-state index contributed by atoms with van der Waals surface area (Å²) < 4.78 is 13.2. The van der Waals surface area contributed by atoms with Crippen molar-refractivity contribution in [3.05, 3.63) is 95.2 Å². The van der Waals surface area contributed by atoms with Gasteiger partial charge in [0.2, 0.25) is 5.13 Å². The number of halogens is 1. The molecular weight excluding hydrogens is 451 g/mol. The number of aromatic nitrogens is 2. The zero-order chi connectivity index (χ0) is 24.2. The number of allylic oxidation sites excluding steroid dienone is 3. The quantitative estimate of drug-likeness (QED) is 0.496. The van der Waals surface area contributed by atoms with E-state index in [1.165, 1.54) is 40.5 Å². The third kappa shape index (κ3) is 4.65. The fraction of sp³-hybridized carbons (Fsp3) is 0.120. The summed E-state index contributed by atoms with van der Waals surface area (Å²) in [4.78, 5) is 14.4. The Kier molecular flexibility index (Phi) is 6.65. The summed E-state index contributed by atoms with van der Waals surface area (Å²) in [7, 11) is 3.50. The summed E-state index contributed by atoms with van der Waals surface area (Å²) in [6, 6.07) is 13.5. The molecule has 0 bridgehead atoms. The van der Waals surface area contributed by atoms with Crippen molar-refractivity contribution < 1.29 is 9.18 Å². The number of carbonyl (C=O) groups is 1.